The molecule has 0 fully saturated rings. The van der Waals surface area contributed by atoms with Gasteiger partial charge in [-0.3, -0.25) is 4.57 Å². The smallest absolute Gasteiger partial charge is 0.270 e. The summed E-state index contributed by atoms with van der Waals surface area (Å²) in [6, 6.07) is 5.76. The van der Waals surface area contributed by atoms with Crippen LogP contribution in [0.25, 0.3) is 0 Å². The minimum atomic E-state index is -0.179. The van der Waals surface area contributed by atoms with Gasteiger partial charge in [-0.1, -0.05) is 45.4 Å². The minimum Gasteiger partial charge on any atom is -0.270 e. The average molecular weight is 349 g/mol. The number of aromatic nitrogens is 3. The maximum atomic E-state index is 11.4. The van der Waals surface area contributed by atoms with E-state index in [9.17, 15) is 4.79 Å². The van der Waals surface area contributed by atoms with Crippen LogP contribution in [0.3, 0.4) is 0 Å². The van der Waals surface area contributed by atoms with Crippen LogP contribution in [0.5, 0.6) is 0 Å². The lowest BCUT2D eigenvalue weighted by molar-refractivity contribution is 0.660. The molecule has 1 heterocycles. The second-order valence-corrected chi connectivity index (χ2v) is 5.85. The molecule has 96 valence electrons. The van der Waals surface area contributed by atoms with Crippen molar-refractivity contribution in [2.24, 2.45) is 0 Å². The molecule has 0 amide bonds. The Morgan fingerprint density at radius 2 is 2.33 bits per heavy atom. The Bertz CT molecular complexity index is 611. The zero-order valence-corrected chi connectivity index (χ0v) is 12.8. The highest BCUT2D eigenvalue weighted by Crippen LogP contribution is 2.27. The van der Waals surface area contributed by atoms with Gasteiger partial charge in [-0.05, 0) is 24.6 Å². The van der Waals surface area contributed by atoms with Gasteiger partial charge >= 0.3 is 5.69 Å². The summed E-state index contributed by atoms with van der Waals surface area (Å²) in [4.78, 5) is 11.4. The molecule has 0 aliphatic rings. The summed E-state index contributed by atoms with van der Waals surface area (Å²) in [5, 5.41) is 7.82. The summed E-state index contributed by atoms with van der Waals surface area (Å²) in [5.74, 6) is 0.677. The molecule has 0 saturated heterocycles. The molecule has 4 nitrogen and oxygen atoms in total. The summed E-state index contributed by atoms with van der Waals surface area (Å²) in [5.41, 5.74) is 0.838. The maximum Gasteiger partial charge on any atom is 0.343 e. The van der Waals surface area contributed by atoms with Crippen LogP contribution in [-0.2, 0) is 12.3 Å². The SMILES string of the molecule is CCn1c(SCc2ccc(Br)cc2Cl)n[nH]c1=O. The lowest BCUT2D eigenvalue weighted by Gasteiger charge is -2.05. The number of hydrogen-bond acceptors (Lipinski definition) is 3. The summed E-state index contributed by atoms with van der Waals surface area (Å²) < 4.78 is 2.55. The van der Waals surface area contributed by atoms with E-state index in [-0.39, 0.29) is 5.69 Å². The van der Waals surface area contributed by atoms with Gasteiger partial charge in [-0.2, -0.15) is 0 Å². The highest BCUT2D eigenvalue weighted by molar-refractivity contribution is 9.10. The van der Waals surface area contributed by atoms with Crippen LogP contribution in [0.15, 0.2) is 32.6 Å². The summed E-state index contributed by atoms with van der Waals surface area (Å²) >= 11 is 11.0. The monoisotopic (exact) mass is 347 g/mol. The molecule has 0 atom stereocenters. The van der Waals surface area contributed by atoms with Crippen LogP contribution < -0.4 is 5.69 Å². The fourth-order valence-electron chi connectivity index (χ4n) is 1.47. The van der Waals surface area contributed by atoms with E-state index in [4.69, 9.17) is 11.6 Å². The van der Waals surface area contributed by atoms with Gasteiger partial charge in [0.2, 0.25) is 0 Å². The van der Waals surface area contributed by atoms with Crippen molar-refractivity contribution < 1.29 is 0 Å². The summed E-state index contributed by atoms with van der Waals surface area (Å²) in [7, 11) is 0. The highest BCUT2D eigenvalue weighted by atomic mass is 79.9. The quantitative estimate of drug-likeness (QED) is 0.863. The number of benzene rings is 1. The number of rotatable bonds is 4. The van der Waals surface area contributed by atoms with E-state index < -0.39 is 0 Å². The zero-order chi connectivity index (χ0) is 13.1. The number of aromatic amines is 1. The van der Waals surface area contributed by atoms with E-state index in [1.807, 2.05) is 25.1 Å². The fraction of sp³-hybridized carbons (Fsp3) is 0.273. The number of halogens is 2. The van der Waals surface area contributed by atoms with Gasteiger partial charge in [0.25, 0.3) is 0 Å². The van der Waals surface area contributed by atoms with E-state index in [0.29, 0.717) is 22.5 Å². The number of H-pyrrole nitrogens is 1. The molecule has 0 saturated carbocycles. The lowest BCUT2D eigenvalue weighted by atomic mass is 10.2. The molecular formula is C11H11BrClN3OS. The number of nitrogens with zero attached hydrogens (tertiary/aromatic N) is 2. The molecule has 18 heavy (non-hydrogen) atoms. The number of thioether (sulfide) groups is 1. The van der Waals surface area contributed by atoms with Crippen LogP contribution >= 0.6 is 39.3 Å². The largest absolute Gasteiger partial charge is 0.343 e. The van der Waals surface area contributed by atoms with Crippen LogP contribution in [-0.4, -0.2) is 14.8 Å². The Kier molecular flexibility index (Phi) is 4.53. The Balaban J connectivity index is 2.14. The van der Waals surface area contributed by atoms with Gasteiger partial charge in [0.05, 0.1) is 0 Å². The highest BCUT2D eigenvalue weighted by Gasteiger charge is 2.08. The molecule has 2 aromatic rings. The van der Waals surface area contributed by atoms with Crippen molar-refractivity contribution >= 4 is 39.3 Å². The number of hydrogen-bond donors (Lipinski definition) is 1. The number of nitrogens with one attached hydrogen (secondary N) is 1. The second-order valence-electron chi connectivity index (χ2n) is 3.58. The van der Waals surface area contributed by atoms with Crippen molar-refractivity contribution in [3.05, 3.63) is 43.7 Å². The van der Waals surface area contributed by atoms with Gasteiger partial charge in [0.15, 0.2) is 5.16 Å². The van der Waals surface area contributed by atoms with Gasteiger partial charge in [0.1, 0.15) is 0 Å². The van der Waals surface area contributed by atoms with E-state index in [1.54, 1.807) is 4.57 Å². The third-order valence-corrected chi connectivity index (χ3v) is 4.28. The molecule has 1 aromatic heterocycles. The van der Waals surface area contributed by atoms with Crippen LogP contribution in [0.2, 0.25) is 5.02 Å². The fourth-order valence-corrected chi connectivity index (χ4v) is 3.31. The van der Waals surface area contributed by atoms with Crippen LogP contribution in [0.1, 0.15) is 12.5 Å². The van der Waals surface area contributed by atoms with Crippen molar-refractivity contribution in [3.63, 3.8) is 0 Å². The molecule has 1 N–H and O–H groups in total. The Morgan fingerprint density at radius 3 is 3.00 bits per heavy atom. The van der Waals surface area contributed by atoms with Crippen molar-refractivity contribution in [2.75, 3.05) is 0 Å². The molecule has 2 rings (SSSR count). The van der Waals surface area contributed by atoms with E-state index in [1.165, 1.54) is 11.8 Å². The Labute approximate surface area is 122 Å². The molecule has 0 spiro atoms. The standard InChI is InChI=1S/C11H11BrClN3OS/c1-2-16-10(17)14-15-11(16)18-6-7-3-4-8(12)5-9(7)13/h3-5H,2,6H2,1H3,(H,14,17). The van der Waals surface area contributed by atoms with Gasteiger partial charge in [-0.15, -0.1) is 5.10 Å². The normalized spacial score (nSPS) is 10.8. The molecule has 0 radical (unpaired) electrons. The molecule has 0 aliphatic carbocycles. The Morgan fingerprint density at radius 1 is 1.56 bits per heavy atom. The third kappa shape index (κ3) is 2.99. The molecule has 1 aromatic carbocycles. The first kappa shape index (κ1) is 13.7. The molecule has 7 heteroatoms. The van der Waals surface area contributed by atoms with Crippen LogP contribution in [0.4, 0.5) is 0 Å². The Hall–Kier alpha value is -0.720. The predicted octanol–water partition coefficient (Wildman–Crippen LogP) is 3.30. The van der Waals surface area contributed by atoms with E-state index in [2.05, 4.69) is 26.1 Å². The first-order chi connectivity index (χ1) is 8.61. The molecule has 0 bridgehead atoms. The second kappa shape index (κ2) is 5.95. The van der Waals surface area contributed by atoms with Gasteiger partial charge < -0.3 is 0 Å². The van der Waals surface area contributed by atoms with Gasteiger partial charge in [0, 0.05) is 21.8 Å². The first-order valence-corrected chi connectivity index (χ1v) is 7.49. The topological polar surface area (TPSA) is 50.7 Å². The molecule has 0 unspecified atom stereocenters. The van der Waals surface area contributed by atoms with Crippen molar-refractivity contribution in [1.29, 1.82) is 0 Å². The van der Waals surface area contributed by atoms with E-state index in [0.717, 1.165) is 10.0 Å². The predicted molar refractivity (Wildman–Crippen MR) is 77.2 cm³/mol. The van der Waals surface area contributed by atoms with Crippen molar-refractivity contribution in [3.8, 4) is 0 Å². The first-order valence-electron chi connectivity index (χ1n) is 5.33. The van der Waals surface area contributed by atoms with Crippen molar-refractivity contribution in [1.82, 2.24) is 14.8 Å². The van der Waals surface area contributed by atoms with E-state index >= 15 is 0 Å². The van der Waals surface area contributed by atoms with Gasteiger partial charge in [-0.25, -0.2) is 9.89 Å². The maximum absolute atomic E-state index is 11.4. The lowest BCUT2D eigenvalue weighted by Crippen LogP contribution is -2.16. The van der Waals surface area contributed by atoms with Crippen LogP contribution in [0, 0.1) is 0 Å². The minimum absolute atomic E-state index is 0.179. The van der Waals surface area contributed by atoms with Crippen molar-refractivity contribution in [2.45, 2.75) is 24.4 Å². The zero-order valence-electron chi connectivity index (χ0n) is 9.61. The summed E-state index contributed by atoms with van der Waals surface area (Å²) in [6.07, 6.45) is 0. The average Bonchev–Trinajstić information content (AvgIpc) is 2.69. The summed E-state index contributed by atoms with van der Waals surface area (Å²) in [6.45, 7) is 2.51. The molecular weight excluding hydrogens is 338 g/mol. The third-order valence-electron chi connectivity index (χ3n) is 2.41. The molecule has 0 aliphatic heterocycles.